The van der Waals surface area contributed by atoms with E-state index in [2.05, 4.69) is 24.1 Å². The van der Waals surface area contributed by atoms with Crippen LogP contribution in [0.5, 0.6) is 11.5 Å². The minimum Gasteiger partial charge on any atom is -0.493 e. The SMILES string of the molecule is CCN(CC)CCOc1cc(NC(=O)[C@@H]2CC[C@H](CN)O2)ccc1OC.Cl.Cl. The number of halogens is 2. The predicted molar refractivity (Wildman–Crippen MR) is 116 cm³/mol. The summed E-state index contributed by atoms with van der Waals surface area (Å²) in [6.07, 6.45) is 1.03. The molecular formula is C19H33Cl2N3O4. The van der Waals surface area contributed by atoms with Crippen molar-refractivity contribution in [2.24, 2.45) is 5.73 Å². The quantitative estimate of drug-likeness (QED) is 0.584. The topological polar surface area (TPSA) is 86.1 Å². The number of anilines is 1. The van der Waals surface area contributed by atoms with Crippen LogP contribution in [0.25, 0.3) is 0 Å². The Kier molecular flexibility index (Phi) is 13.2. The Morgan fingerprint density at radius 3 is 2.54 bits per heavy atom. The second kappa shape index (κ2) is 13.8. The Balaban J connectivity index is 0.00000364. The zero-order valence-corrected chi connectivity index (χ0v) is 18.4. The predicted octanol–water partition coefficient (Wildman–Crippen LogP) is 2.70. The molecule has 0 saturated carbocycles. The monoisotopic (exact) mass is 437 g/mol. The fourth-order valence-corrected chi connectivity index (χ4v) is 2.99. The maximum absolute atomic E-state index is 12.4. The van der Waals surface area contributed by atoms with Crippen LogP contribution in [0.2, 0.25) is 0 Å². The number of carbonyl (C=O) groups excluding carboxylic acids is 1. The van der Waals surface area contributed by atoms with E-state index in [0.717, 1.165) is 26.1 Å². The molecule has 7 nitrogen and oxygen atoms in total. The van der Waals surface area contributed by atoms with Gasteiger partial charge in [0.15, 0.2) is 11.5 Å². The molecule has 1 aromatic carbocycles. The molecule has 0 aromatic heterocycles. The molecule has 1 fully saturated rings. The lowest BCUT2D eigenvalue weighted by Crippen LogP contribution is -2.29. The molecule has 1 aliphatic heterocycles. The third-order valence-electron chi connectivity index (χ3n) is 4.65. The summed E-state index contributed by atoms with van der Waals surface area (Å²) in [5.74, 6) is 1.10. The first-order valence-corrected chi connectivity index (χ1v) is 9.30. The normalized spacial score (nSPS) is 18.2. The maximum Gasteiger partial charge on any atom is 0.253 e. The van der Waals surface area contributed by atoms with Crippen LogP contribution in [-0.4, -0.2) is 62.9 Å². The van der Waals surface area contributed by atoms with Crippen molar-refractivity contribution in [2.45, 2.75) is 38.9 Å². The van der Waals surface area contributed by atoms with Gasteiger partial charge in [0.05, 0.1) is 13.2 Å². The molecule has 1 aliphatic rings. The number of carbonyl (C=O) groups is 1. The standard InChI is InChI=1S/C19H31N3O4.2ClH/c1-4-22(5-2)10-11-25-18-12-14(6-8-16(18)24-3)21-19(23)17-9-7-15(13-20)26-17;;/h6,8,12,15,17H,4-5,7,9-11,13,20H2,1-3H3,(H,21,23);2*1H/t15-,17+;;/m1../s1. The number of hydrogen-bond donors (Lipinski definition) is 2. The third-order valence-corrected chi connectivity index (χ3v) is 4.65. The van der Waals surface area contributed by atoms with Crippen LogP contribution in [0.15, 0.2) is 18.2 Å². The van der Waals surface area contributed by atoms with E-state index in [1.165, 1.54) is 0 Å². The Bertz CT molecular complexity index is 588. The van der Waals surface area contributed by atoms with Gasteiger partial charge in [0.1, 0.15) is 12.7 Å². The molecule has 2 atom stereocenters. The molecule has 0 bridgehead atoms. The number of rotatable bonds is 10. The minimum absolute atomic E-state index is 0. The first-order valence-electron chi connectivity index (χ1n) is 9.30. The van der Waals surface area contributed by atoms with Crippen LogP contribution in [-0.2, 0) is 9.53 Å². The molecule has 1 aromatic rings. The van der Waals surface area contributed by atoms with Crippen LogP contribution >= 0.6 is 24.8 Å². The number of nitrogens with zero attached hydrogens (tertiary/aromatic N) is 1. The number of hydrogen-bond acceptors (Lipinski definition) is 6. The Labute approximate surface area is 180 Å². The summed E-state index contributed by atoms with van der Waals surface area (Å²) in [5, 5.41) is 2.89. The molecule has 0 radical (unpaired) electrons. The van der Waals surface area contributed by atoms with Gasteiger partial charge in [-0.3, -0.25) is 4.79 Å². The number of methoxy groups -OCH3 is 1. The Morgan fingerprint density at radius 2 is 1.96 bits per heavy atom. The number of nitrogens with two attached hydrogens (primary N) is 1. The fraction of sp³-hybridized carbons (Fsp3) is 0.632. The minimum atomic E-state index is -0.447. The summed E-state index contributed by atoms with van der Waals surface area (Å²) in [6.45, 7) is 8.05. The molecule has 0 spiro atoms. The lowest BCUT2D eigenvalue weighted by Gasteiger charge is -2.19. The smallest absolute Gasteiger partial charge is 0.253 e. The number of likely N-dealkylation sites (N-methyl/N-ethyl adjacent to an activating group) is 1. The molecular weight excluding hydrogens is 405 g/mol. The highest BCUT2D eigenvalue weighted by Crippen LogP contribution is 2.30. The summed E-state index contributed by atoms with van der Waals surface area (Å²) in [5.41, 5.74) is 6.26. The zero-order valence-electron chi connectivity index (χ0n) is 16.8. The van der Waals surface area contributed by atoms with E-state index < -0.39 is 6.10 Å². The van der Waals surface area contributed by atoms with Gasteiger partial charge in [0.2, 0.25) is 0 Å². The van der Waals surface area contributed by atoms with E-state index in [-0.39, 0.29) is 36.8 Å². The van der Waals surface area contributed by atoms with Crippen molar-refractivity contribution < 1.29 is 19.0 Å². The number of benzene rings is 1. The van der Waals surface area contributed by atoms with Gasteiger partial charge in [-0.05, 0) is 38.1 Å². The van der Waals surface area contributed by atoms with Crippen LogP contribution in [0.3, 0.4) is 0 Å². The van der Waals surface area contributed by atoms with Gasteiger partial charge in [-0.25, -0.2) is 0 Å². The van der Waals surface area contributed by atoms with Crippen molar-refractivity contribution >= 4 is 36.4 Å². The summed E-state index contributed by atoms with van der Waals surface area (Å²) < 4.78 is 16.9. The lowest BCUT2D eigenvalue weighted by atomic mass is 10.2. The molecule has 1 heterocycles. The van der Waals surface area contributed by atoms with E-state index in [1.807, 2.05) is 0 Å². The summed E-state index contributed by atoms with van der Waals surface area (Å²) in [4.78, 5) is 14.6. The van der Waals surface area contributed by atoms with Gasteiger partial charge in [-0.15, -0.1) is 24.8 Å². The van der Waals surface area contributed by atoms with E-state index in [1.54, 1.807) is 25.3 Å². The van der Waals surface area contributed by atoms with E-state index >= 15 is 0 Å². The van der Waals surface area contributed by atoms with E-state index in [9.17, 15) is 4.79 Å². The summed E-state index contributed by atoms with van der Waals surface area (Å²) in [7, 11) is 1.60. The molecule has 9 heteroatoms. The van der Waals surface area contributed by atoms with Crippen molar-refractivity contribution in [2.75, 3.05) is 45.2 Å². The second-order valence-electron chi connectivity index (χ2n) is 6.29. The van der Waals surface area contributed by atoms with Gasteiger partial charge in [0.25, 0.3) is 5.91 Å². The number of amides is 1. The van der Waals surface area contributed by atoms with Gasteiger partial charge in [0, 0.05) is 24.8 Å². The highest BCUT2D eigenvalue weighted by Gasteiger charge is 2.29. The summed E-state index contributed by atoms with van der Waals surface area (Å²) >= 11 is 0. The maximum atomic E-state index is 12.4. The Morgan fingerprint density at radius 1 is 1.25 bits per heavy atom. The highest BCUT2D eigenvalue weighted by atomic mass is 35.5. The largest absolute Gasteiger partial charge is 0.493 e. The van der Waals surface area contributed by atoms with Crippen LogP contribution in [0.4, 0.5) is 5.69 Å². The number of ether oxygens (including phenoxy) is 3. The van der Waals surface area contributed by atoms with Crippen molar-refractivity contribution in [1.29, 1.82) is 0 Å². The average molecular weight is 438 g/mol. The molecule has 28 heavy (non-hydrogen) atoms. The highest BCUT2D eigenvalue weighted by molar-refractivity contribution is 5.94. The molecule has 162 valence electrons. The first-order chi connectivity index (χ1) is 12.6. The molecule has 1 saturated heterocycles. The molecule has 0 aliphatic carbocycles. The lowest BCUT2D eigenvalue weighted by molar-refractivity contribution is -0.126. The fourth-order valence-electron chi connectivity index (χ4n) is 2.99. The molecule has 0 unspecified atom stereocenters. The van der Waals surface area contributed by atoms with Gasteiger partial charge in [-0.1, -0.05) is 13.8 Å². The zero-order chi connectivity index (χ0) is 18.9. The van der Waals surface area contributed by atoms with Crippen LogP contribution < -0.4 is 20.5 Å². The third kappa shape index (κ3) is 7.64. The molecule has 3 N–H and O–H groups in total. The van der Waals surface area contributed by atoms with Crippen molar-refractivity contribution in [3.05, 3.63) is 18.2 Å². The molecule has 1 amide bonds. The van der Waals surface area contributed by atoms with Gasteiger partial charge >= 0.3 is 0 Å². The second-order valence-corrected chi connectivity index (χ2v) is 6.29. The molecule has 2 rings (SSSR count). The van der Waals surface area contributed by atoms with Crippen LogP contribution in [0.1, 0.15) is 26.7 Å². The van der Waals surface area contributed by atoms with Gasteiger partial charge < -0.3 is 30.2 Å². The van der Waals surface area contributed by atoms with E-state index in [4.69, 9.17) is 19.9 Å². The average Bonchev–Trinajstić information content (AvgIpc) is 3.15. The van der Waals surface area contributed by atoms with Crippen molar-refractivity contribution in [1.82, 2.24) is 4.90 Å². The number of nitrogens with one attached hydrogen (secondary N) is 1. The summed E-state index contributed by atoms with van der Waals surface area (Å²) in [6, 6.07) is 5.37. The van der Waals surface area contributed by atoms with Crippen molar-refractivity contribution in [3.63, 3.8) is 0 Å². The van der Waals surface area contributed by atoms with E-state index in [0.29, 0.717) is 36.8 Å². The van der Waals surface area contributed by atoms with Gasteiger partial charge in [-0.2, -0.15) is 0 Å². The van der Waals surface area contributed by atoms with Crippen molar-refractivity contribution in [3.8, 4) is 11.5 Å². The first kappa shape index (κ1) is 26.8. The Hall–Kier alpha value is -1.25. The van der Waals surface area contributed by atoms with Crippen LogP contribution in [0, 0.1) is 0 Å².